The first-order valence-electron chi connectivity index (χ1n) is 14.1. The molecule has 0 saturated heterocycles. The van der Waals surface area contributed by atoms with Crippen molar-refractivity contribution in [2.24, 2.45) is 0 Å². The Morgan fingerprint density at radius 1 is 0.622 bits per heavy atom. The molecule has 45 heavy (non-hydrogen) atoms. The molecule has 0 fully saturated rings. The number of rotatable bonds is 12. The number of ether oxygens (including phenoxy) is 6. The Morgan fingerprint density at radius 3 is 1.51 bits per heavy atom. The molecule has 0 bridgehead atoms. The summed E-state index contributed by atoms with van der Waals surface area (Å²) in [6.07, 6.45) is 6.70. The third-order valence-electron chi connectivity index (χ3n) is 7.20. The predicted molar refractivity (Wildman–Crippen MR) is 168 cm³/mol. The lowest BCUT2D eigenvalue weighted by molar-refractivity contribution is 0.103. The lowest BCUT2D eigenvalue weighted by Crippen LogP contribution is -1.99. The van der Waals surface area contributed by atoms with E-state index in [-0.39, 0.29) is 25.2 Å². The highest BCUT2D eigenvalue weighted by molar-refractivity contribution is 6.05. The van der Waals surface area contributed by atoms with Gasteiger partial charge in [0.25, 0.3) is 0 Å². The summed E-state index contributed by atoms with van der Waals surface area (Å²) in [5, 5.41) is 6.26. The molecule has 228 valence electrons. The van der Waals surface area contributed by atoms with Crippen LogP contribution in [0.1, 0.15) is 31.8 Å². The van der Waals surface area contributed by atoms with Crippen LogP contribution in [0.5, 0.6) is 34.5 Å². The third-order valence-corrected chi connectivity index (χ3v) is 7.20. The van der Waals surface area contributed by atoms with Crippen molar-refractivity contribution >= 4 is 22.9 Å². The van der Waals surface area contributed by atoms with Gasteiger partial charge in [-0.25, -0.2) is 0 Å². The highest BCUT2D eigenvalue weighted by Crippen LogP contribution is 2.34. The van der Waals surface area contributed by atoms with Gasteiger partial charge < -0.3 is 39.1 Å². The van der Waals surface area contributed by atoms with Crippen molar-refractivity contribution in [2.45, 2.75) is 6.42 Å². The van der Waals surface area contributed by atoms with Gasteiger partial charge in [-0.1, -0.05) is 12.1 Å². The van der Waals surface area contributed by atoms with Crippen LogP contribution in [0, 0.1) is 0 Å². The van der Waals surface area contributed by atoms with Crippen molar-refractivity contribution in [1.82, 2.24) is 0 Å². The smallest absolute Gasteiger partial charge is 0.231 e. The summed E-state index contributed by atoms with van der Waals surface area (Å²) < 4.78 is 32.5. The molecular formula is C35H30N2O8. The van der Waals surface area contributed by atoms with E-state index in [4.69, 9.17) is 28.4 Å². The monoisotopic (exact) mass is 606 g/mol. The number of benzene rings is 4. The molecule has 0 radical (unpaired) electrons. The molecule has 2 aliphatic rings. The Morgan fingerprint density at radius 2 is 1.07 bits per heavy atom. The summed E-state index contributed by atoms with van der Waals surface area (Å²) in [6.45, 7) is 0.309. The Kier molecular flexibility index (Phi) is 8.54. The maximum atomic E-state index is 12.6. The fourth-order valence-corrected chi connectivity index (χ4v) is 4.87. The third kappa shape index (κ3) is 6.70. The minimum absolute atomic E-state index is 0.155. The zero-order valence-corrected chi connectivity index (χ0v) is 24.6. The summed E-state index contributed by atoms with van der Waals surface area (Å²) in [5.41, 5.74) is 4.49. The molecule has 10 heteroatoms. The molecule has 0 aromatic heterocycles. The molecule has 0 saturated carbocycles. The number of hydrogen-bond donors (Lipinski definition) is 2. The van der Waals surface area contributed by atoms with Crippen LogP contribution in [0.25, 0.3) is 0 Å². The molecule has 4 aromatic rings. The molecule has 2 heterocycles. The summed E-state index contributed by atoms with van der Waals surface area (Å²) in [5.74, 6) is 3.30. The number of anilines is 2. The van der Waals surface area contributed by atoms with Gasteiger partial charge in [0.2, 0.25) is 13.6 Å². The number of methoxy groups -OCH3 is 2. The molecule has 6 rings (SSSR count). The van der Waals surface area contributed by atoms with Gasteiger partial charge in [-0.05, 0) is 78.2 Å². The van der Waals surface area contributed by atoms with Crippen molar-refractivity contribution in [1.29, 1.82) is 0 Å². The summed E-state index contributed by atoms with van der Waals surface area (Å²) in [7, 11) is 3.19. The van der Waals surface area contributed by atoms with Crippen molar-refractivity contribution in [2.75, 3.05) is 38.4 Å². The zero-order chi connectivity index (χ0) is 31.2. The molecular weight excluding hydrogens is 576 g/mol. The van der Waals surface area contributed by atoms with Crippen molar-refractivity contribution in [3.63, 3.8) is 0 Å². The van der Waals surface area contributed by atoms with E-state index in [0.717, 1.165) is 22.5 Å². The predicted octanol–water partition coefficient (Wildman–Crippen LogP) is 6.37. The normalized spacial score (nSPS) is 12.8. The Labute approximate surface area is 259 Å². The molecule has 10 nitrogen and oxygen atoms in total. The number of carbonyl (C=O) groups excluding carboxylic acids is 2. The highest BCUT2D eigenvalue weighted by atomic mass is 16.7. The van der Waals surface area contributed by atoms with E-state index in [1.54, 1.807) is 63.0 Å². The molecule has 4 aromatic carbocycles. The first-order valence-corrected chi connectivity index (χ1v) is 14.1. The van der Waals surface area contributed by atoms with E-state index in [2.05, 4.69) is 10.6 Å². The standard InChI is InChI=1S/C35H30N2O8/c1-40-32-16-22(3-7-26(32)36-13-11-28(38)24-5-9-30-34(18-24)44-20-42-30)15-23-4-8-27(33(17-23)41-2)37-14-12-29(39)25-6-10-31-35(19-25)45-21-43-31/h3-14,16-19,36-37H,15,20-21H2,1-2H3/b13-11-,14-12+. The van der Waals surface area contributed by atoms with E-state index in [9.17, 15) is 9.59 Å². The lowest BCUT2D eigenvalue weighted by atomic mass is 10.0. The number of allylic oxidation sites excluding steroid dienone is 2. The number of carbonyl (C=O) groups is 2. The van der Waals surface area contributed by atoms with Crippen LogP contribution < -0.4 is 39.1 Å². The minimum atomic E-state index is -0.171. The highest BCUT2D eigenvalue weighted by Gasteiger charge is 2.16. The molecule has 0 amide bonds. The topological polar surface area (TPSA) is 114 Å². The maximum absolute atomic E-state index is 12.6. The van der Waals surface area contributed by atoms with Crippen LogP contribution in [0.4, 0.5) is 11.4 Å². The second kappa shape index (κ2) is 13.2. The fourth-order valence-electron chi connectivity index (χ4n) is 4.87. The largest absolute Gasteiger partial charge is 0.495 e. The summed E-state index contributed by atoms with van der Waals surface area (Å²) >= 11 is 0. The molecule has 0 aliphatic carbocycles. The Hall–Kier alpha value is -5.90. The molecule has 0 spiro atoms. The first kappa shape index (κ1) is 29.2. The molecule has 0 atom stereocenters. The number of hydrogen-bond acceptors (Lipinski definition) is 10. The van der Waals surface area contributed by atoms with Gasteiger partial charge in [-0.15, -0.1) is 0 Å². The van der Waals surface area contributed by atoms with Gasteiger partial charge in [0, 0.05) is 35.7 Å². The van der Waals surface area contributed by atoms with Gasteiger partial charge in [-0.2, -0.15) is 0 Å². The van der Waals surface area contributed by atoms with E-state index in [1.807, 2.05) is 36.4 Å². The SMILES string of the molecule is COc1cc(Cc2ccc(N/C=C/C(=O)c3ccc4c(c3)OCO4)c(OC)c2)ccc1N/C=C\C(=O)c1ccc2c(c1)OCO2. The van der Waals surface area contributed by atoms with Gasteiger partial charge in [-0.3, -0.25) is 9.59 Å². The minimum Gasteiger partial charge on any atom is -0.495 e. The van der Waals surface area contributed by atoms with Crippen LogP contribution in [0.2, 0.25) is 0 Å². The molecule has 2 aliphatic heterocycles. The second-order valence-corrected chi connectivity index (χ2v) is 10.1. The van der Waals surface area contributed by atoms with Crippen LogP contribution in [0.15, 0.2) is 97.3 Å². The van der Waals surface area contributed by atoms with E-state index >= 15 is 0 Å². The average Bonchev–Trinajstić information content (AvgIpc) is 3.74. The molecule has 0 unspecified atom stereocenters. The fraction of sp³-hybridized carbons (Fsp3) is 0.143. The molecule has 2 N–H and O–H groups in total. The summed E-state index contributed by atoms with van der Waals surface area (Å²) in [6, 6.07) is 21.9. The number of ketones is 2. The first-order chi connectivity index (χ1) is 22.0. The lowest BCUT2D eigenvalue weighted by Gasteiger charge is -2.13. The Balaban J connectivity index is 1.06. The average molecular weight is 607 g/mol. The van der Waals surface area contributed by atoms with Crippen molar-refractivity contribution < 1.29 is 38.0 Å². The van der Waals surface area contributed by atoms with Crippen LogP contribution in [-0.4, -0.2) is 39.4 Å². The maximum Gasteiger partial charge on any atom is 0.231 e. The quantitative estimate of drug-likeness (QED) is 0.139. The number of nitrogens with one attached hydrogen (secondary N) is 2. The van der Waals surface area contributed by atoms with Crippen molar-refractivity contribution in [3.05, 3.63) is 120 Å². The van der Waals surface area contributed by atoms with Gasteiger partial charge >= 0.3 is 0 Å². The summed E-state index contributed by atoms with van der Waals surface area (Å²) in [4.78, 5) is 25.2. The van der Waals surface area contributed by atoms with Crippen LogP contribution in [-0.2, 0) is 6.42 Å². The van der Waals surface area contributed by atoms with Crippen LogP contribution >= 0.6 is 0 Å². The van der Waals surface area contributed by atoms with Gasteiger partial charge in [0.1, 0.15) is 11.5 Å². The van der Waals surface area contributed by atoms with Crippen LogP contribution in [0.3, 0.4) is 0 Å². The van der Waals surface area contributed by atoms with Gasteiger partial charge in [0.05, 0.1) is 25.6 Å². The Bertz CT molecular complexity index is 1680. The van der Waals surface area contributed by atoms with E-state index in [0.29, 0.717) is 52.0 Å². The van der Waals surface area contributed by atoms with Gasteiger partial charge in [0.15, 0.2) is 34.6 Å². The number of fused-ring (bicyclic) bond motifs is 2. The van der Waals surface area contributed by atoms with E-state index < -0.39 is 0 Å². The van der Waals surface area contributed by atoms with Crippen molar-refractivity contribution in [3.8, 4) is 34.5 Å². The van der Waals surface area contributed by atoms with E-state index in [1.165, 1.54) is 12.2 Å². The zero-order valence-electron chi connectivity index (χ0n) is 24.6. The second-order valence-electron chi connectivity index (χ2n) is 10.1.